The Morgan fingerprint density at radius 2 is 1.84 bits per heavy atom. The maximum absolute atomic E-state index is 12.9. The molecular formula is C22H29N3O5S. The average Bonchev–Trinajstić information content (AvgIpc) is 3.21. The van der Waals surface area contributed by atoms with Gasteiger partial charge in [-0.3, -0.25) is 9.59 Å². The zero-order valence-electron chi connectivity index (χ0n) is 17.8. The lowest BCUT2D eigenvalue weighted by atomic mass is 9.94. The number of rotatable bonds is 8. The van der Waals surface area contributed by atoms with Gasteiger partial charge in [0.25, 0.3) is 0 Å². The van der Waals surface area contributed by atoms with Crippen molar-refractivity contribution in [1.82, 2.24) is 9.62 Å². The van der Waals surface area contributed by atoms with Gasteiger partial charge in [-0.25, -0.2) is 8.42 Å². The number of nitrogens with one attached hydrogen (secondary N) is 2. The lowest BCUT2D eigenvalue weighted by molar-refractivity contribution is -0.122. The Labute approximate surface area is 183 Å². The van der Waals surface area contributed by atoms with Crippen LogP contribution in [-0.2, 0) is 26.0 Å². The molecule has 3 rings (SSSR count). The summed E-state index contributed by atoms with van der Waals surface area (Å²) in [6.07, 6.45) is 3.92. The van der Waals surface area contributed by atoms with Gasteiger partial charge in [-0.05, 0) is 62.1 Å². The Hall–Kier alpha value is -2.65. The number of carbonyl (C=O) groups is 2. The van der Waals surface area contributed by atoms with E-state index in [1.807, 2.05) is 19.1 Å². The number of anilines is 1. The van der Waals surface area contributed by atoms with Crippen molar-refractivity contribution in [2.45, 2.75) is 50.5 Å². The summed E-state index contributed by atoms with van der Waals surface area (Å²) >= 11 is 0. The first-order chi connectivity index (χ1) is 14.7. The Morgan fingerprint density at radius 1 is 1.16 bits per heavy atom. The molecule has 1 fully saturated rings. The fourth-order valence-corrected chi connectivity index (χ4v) is 5.26. The number of amides is 2. The van der Waals surface area contributed by atoms with Gasteiger partial charge in [-0.2, -0.15) is 4.31 Å². The van der Waals surface area contributed by atoms with Crippen molar-refractivity contribution in [2.75, 3.05) is 18.4 Å². The van der Waals surface area contributed by atoms with Crippen LogP contribution in [0.25, 0.3) is 0 Å². The molecule has 168 valence electrons. The van der Waals surface area contributed by atoms with Crippen LogP contribution in [0.15, 0.2) is 52.0 Å². The van der Waals surface area contributed by atoms with Crippen LogP contribution in [0.4, 0.5) is 5.69 Å². The zero-order valence-corrected chi connectivity index (χ0v) is 18.7. The van der Waals surface area contributed by atoms with E-state index >= 15 is 0 Å². The molecular weight excluding hydrogens is 418 g/mol. The van der Waals surface area contributed by atoms with Gasteiger partial charge >= 0.3 is 0 Å². The highest BCUT2D eigenvalue weighted by Crippen LogP contribution is 2.26. The minimum Gasteiger partial charge on any atom is -0.469 e. The number of hydrogen-bond acceptors (Lipinski definition) is 5. The summed E-state index contributed by atoms with van der Waals surface area (Å²) in [5.41, 5.74) is 0.553. The number of furan rings is 1. The molecule has 1 aliphatic heterocycles. The molecule has 2 amide bonds. The first kappa shape index (κ1) is 23.0. The molecule has 0 radical (unpaired) electrons. The van der Waals surface area contributed by atoms with Crippen LogP contribution >= 0.6 is 0 Å². The molecule has 1 aromatic carbocycles. The van der Waals surface area contributed by atoms with Crippen LogP contribution in [0.1, 0.15) is 38.9 Å². The van der Waals surface area contributed by atoms with Crippen molar-refractivity contribution in [1.29, 1.82) is 0 Å². The summed E-state index contributed by atoms with van der Waals surface area (Å²) in [5.74, 6) is 0.756. The summed E-state index contributed by atoms with van der Waals surface area (Å²) in [6, 6.07) is 9.83. The molecule has 1 atom stereocenters. The monoisotopic (exact) mass is 447 g/mol. The van der Waals surface area contributed by atoms with Crippen LogP contribution in [0.5, 0.6) is 0 Å². The molecule has 0 saturated carbocycles. The smallest absolute Gasteiger partial charge is 0.243 e. The van der Waals surface area contributed by atoms with E-state index in [1.165, 1.54) is 23.4 Å². The minimum absolute atomic E-state index is 0.0195. The van der Waals surface area contributed by atoms with E-state index in [1.54, 1.807) is 18.4 Å². The summed E-state index contributed by atoms with van der Waals surface area (Å²) in [4.78, 5) is 23.7. The second-order valence-electron chi connectivity index (χ2n) is 8.01. The molecule has 9 heteroatoms. The number of piperidine rings is 1. The first-order valence-corrected chi connectivity index (χ1v) is 11.9. The third-order valence-corrected chi connectivity index (χ3v) is 7.27. The molecule has 0 aliphatic carbocycles. The molecule has 2 N–H and O–H groups in total. The molecule has 1 aromatic heterocycles. The Kier molecular flexibility index (Phi) is 7.50. The van der Waals surface area contributed by atoms with E-state index in [0.29, 0.717) is 44.5 Å². The van der Waals surface area contributed by atoms with Crippen LogP contribution in [-0.4, -0.2) is 43.7 Å². The van der Waals surface area contributed by atoms with Gasteiger partial charge in [0.05, 0.1) is 11.2 Å². The predicted molar refractivity (Wildman–Crippen MR) is 117 cm³/mol. The fraction of sp³-hybridized carbons (Fsp3) is 0.455. The van der Waals surface area contributed by atoms with E-state index in [9.17, 15) is 18.0 Å². The summed E-state index contributed by atoms with van der Waals surface area (Å²) in [6.45, 7) is 4.10. The maximum atomic E-state index is 12.9. The van der Waals surface area contributed by atoms with Crippen LogP contribution in [0.3, 0.4) is 0 Å². The van der Waals surface area contributed by atoms with Gasteiger partial charge in [0.2, 0.25) is 21.8 Å². The quantitative estimate of drug-likeness (QED) is 0.647. The second kappa shape index (κ2) is 10.1. The van der Waals surface area contributed by atoms with Crippen molar-refractivity contribution in [2.24, 2.45) is 5.92 Å². The summed E-state index contributed by atoms with van der Waals surface area (Å²) < 4.78 is 32.6. The molecule has 2 heterocycles. The van der Waals surface area contributed by atoms with Gasteiger partial charge < -0.3 is 15.1 Å². The minimum atomic E-state index is -3.60. The lowest BCUT2D eigenvalue weighted by Gasteiger charge is -2.31. The molecule has 1 unspecified atom stereocenters. The van der Waals surface area contributed by atoms with Crippen molar-refractivity contribution < 1.29 is 22.4 Å². The van der Waals surface area contributed by atoms with Gasteiger partial charge in [-0.15, -0.1) is 0 Å². The highest BCUT2D eigenvalue weighted by Gasteiger charge is 2.30. The normalized spacial score (nSPS) is 16.6. The van der Waals surface area contributed by atoms with Crippen molar-refractivity contribution in [3.63, 3.8) is 0 Å². The van der Waals surface area contributed by atoms with E-state index < -0.39 is 10.0 Å². The van der Waals surface area contributed by atoms with E-state index in [-0.39, 0.29) is 28.7 Å². The van der Waals surface area contributed by atoms with Gasteiger partial charge in [0.15, 0.2) is 0 Å². The van der Waals surface area contributed by atoms with Gasteiger partial charge in [0, 0.05) is 44.6 Å². The Bertz CT molecular complexity index is 979. The van der Waals surface area contributed by atoms with Crippen LogP contribution < -0.4 is 10.6 Å². The molecule has 31 heavy (non-hydrogen) atoms. The van der Waals surface area contributed by atoms with Gasteiger partial charge in [-0.1, -0.05) is 0 Å². The molecule has 2 aromatic rings. The second-order valence-corrected chi connectivity index (χ2v) is 9.95. The van der Waals surface area contributed by atoms with Gasteiger partial charge in [0.1, 0.15) is 5.76 Å². The summed E-state index contributed by atoms with van der Waals surface area (Å²) in [5, 5.41) is 5.61. The molecule has 0 spiro atoms. The zero-order chi connectivity index (χ0) is 22.4. The largest absolute Gasteiger partial charge is 0.469 e. The highest BCUT2D eigenvalue weighted by molar-refractivity contribution is 7.89. The number of sulfonamides is 1. The van der Waals surface area contributed by atoms with E-state index in [4.69, 9.17) is 4.42 Å². The first-order valence-electron chi connectivity index (χ1n) is 10.4. The third kappa shape index (κ3) is 6.41. The lowest BCUT2D eigenvalue weighted by Crippen LogP contribution is -2.40. The van der Waals surface area contributed by atoms with Crippen molar-refractivity contribution >= 4 is 27.5 Å². The third-order valence-electron chi connectivity index (χ3n) is 5.35. The van der Waals surface area contributed by atoms with E-state index in [0.717, 1.165) is 5.76 Å². The van der Waals surface area contributed by atoms with Crippen LogP contribution in [0, 0.1) is 5.92 Å². The number of hydrogen-bond donors (Lipinski definition) is 2. The number of carbonyl (C=O) groups excluding carboxylic acids is 2. The summed E-state index contributed by atoms with van der Waals surface area (Å²) in [7, 11) is -3.60. The Morgan fingerprint density at radius 3 is 2.42 bits per heavy atom. The molecule has 1 aliphatic rings. The molecule has 0 bridgehead atoms. The van der Waals surface area contributed by atoms with Crippen LogP contribution in [0.2, 0.25) is 0 Å². The highest BCUT2D eigenvalue weighted by atomic mass is 32.2. The Balaban J connectivity index is 1.48. The molecule has 1 saturated heterocycles. The predicted octanol–water partition coefficient (Wildman–Crippen LogP) is 2.78. The average molecular weight is 448 g/mol. The number of benzene rings is 1. The maximum Gasteiger partial charge on any atom is 0.243 e. The standard InChI is InChI=1S/C22H29N3O5S/c1-16(14-20-4-3-13-30-20)23-22(27)15-18-9-11-25(12-10-18)31(28,29)21-7-5-19(6-8-21)24-17(2)26/h3-8,13,16,18H,9-12,14-15H2,1-2H3,(H,23,27)(H,24,26). The fourth-order valence-electron chi connectivity index (χ4n) is 3.79. The van der Waals surface area contributed by atoms with Crippen molar-refractivity contribution in [3.8, 4) is 0 Å². The van der Waals surface area contributed by atoms with Crippen molar-refractivity contribution in [3.05, 3.63) is 48.4 Å². The topological polar surface area (TPSA) is 109 Å². The SMILES string of the molecule is CC(=O)Nc1ccc(S(=O)(=O)N2CCC(CC(=O)NC(C)Cc3ccco3)CC2)cc1. The van der Waals surface area contributed by atoms with E-state index in [2.05, 4.69) is 10.6 Å². The number of nitrogens with zero attached hydrogens (tertiary/aromatic N) is 1. The molecule has 8 nitrogen and oxygen atoms in total.